The lowest BCUT2D eigenvalue weighted by molar-refractivity contribution is -0.154. The van der Waals surface area contributed by atoms with E-state index in [0.29, 0.717) is 19.4 Å². The van der Waals surface area contributed by atoms with Gasteiger partial charge in [-0.3, -0.25) is 9.59 Å². The highest BCUT2D eigenvalue weighted by Crippen LogP contribution is 2.31. The van der Waals surface area contributed by atoms with E-state index in [0.717, 1.165) is 13.0 Å². The molecular formula is C12H20BrNO3. The van der Waals surface area contributed by atoms with Crippen molar-refractivity contribution in [3.05, 3.63) is 0 Å². The van der Waals surface area contributed by atoms with E-state index >= 15 is 0 Å². The molecule has 1 atom stereocenters. The number of nitrogens with zero attached hydrogens (tertiary/aromatic N) is 1. The number of alkyl halides is 1. The highest BCUT2D eigenvalue weighted by molar-refractivity contribution is 9.09. The molecule has 1 rings (SSSR count). The van der Waals surface area contributed by atoms with Crippen molar-refractivity contribution in [3.8, 4) is 0 Å². The van der Waals surface area contributed by atoms with Gasteiger partial charge < -0.3 is 9.64 Å². The minimum absolute atomic E-state index is 0.0862. The number of amides is 1. The first-order valence-electron chi connectivity index (χ1n) is 5.99. The average Bonchev–Trinajstić information content (AvgIpc) is 2.64. The van der Waals surface area contributed by atoms with E-state index in [4.69, 9.17) is 4.74 Å². The molecule has 0 aromatic rings. The second-order valence-corrected chi connectivity index (χ2v) is 5.99. The van der Waals surface area contributed by atoms with Crippen molar-refractivity contribution in [2.45, 2.75) is 45.0 Å². The number of halogens is 1. The van der Waals surface area contributed by atoms with Gasteiger partial charge in [-0.1, -0.05) is 15.9 Å². The van der Waals surface area contributed by atoms with E-state index in [1.54, 1.807) is 11.8 Å². The maximum Gasteiger partial charge on any atom is 0.311 e. The molecule has 0 aromatic carbocycles. The van der Waals surface area contributed by atoms with Gasteiger partial charge in [0.1, 0.15) is 0 Å². The summed E-state index contributed by atoms with van der Waals surface area (Å²) in [6.45, 7) is 6.65. The number of carbonyl (C=O) groups excluding carboxylic acids is 2. The van der Waals surface area contributed by atoms with Crippen molar-refractivity contribution in [2.75, 3.05) is 13.2 Å². The van der Waals surface area contributed by atoms with Crippen LogP contribution in [-0.2, 0) is 14.3 Å². The molecule has 0 aromatic heterocycles. The summed E-state index contributed by atoms with van der Waals surface area (Å²) in [5, 5.41) is 0. The fourth-order valence-corrected chi connectivity index (χ4v) is 3.15. The number of rotatable bonds is 5. The first-order chi connectivity index (χ1) is 7.88. The van der Waals surface area contributed by atoms with Crippen molar-refractivity contribution in [1.82, 2.24) is 4.90 Å². The van der Waals surface area contributed by atoms with Crippen molar-refractivity contribution in [3.63, 3.8) is 0 Å². The summed E-state index contributed by atoms with van der Waals surface area (Å²) < 4.78 is 5.03. The molecule has 1 fully saturated rings. The van der Waals surface area contributed by atoms with Crippen LogP contribution in [0.4, 0.5) is 0 Å². The molecule has 1 saturated heterocycles. The third kappa shape index (κ3) is 3.69. The first-order valence-corrected chi connectivity index (χ1v) is 6.91. The molecule has 1 aliphatic heterocycles. The Kier molecular flexibility index (Phi) is 4.98. The number of hydrogen-bond donors (Lipinski definition) is 0. The number of likely N-dealkylation sites (tertiary alicyclic amines) is 1. The summed E-state index contributed by atoms with van der Waals surface area (Å²) in [5.41, 5.74) is -0.576. The fourth-order valence-electron chi connectivity index (χ4n) is 1.91. The molecule has 0 aliphatic carbocycles. The molecule has 0 spiro atoms. The van der Waals surface area contributed by atoms with E-state index in [2.05, 4.69) is 15.9 Å². The lowest BCUT2D eigenvalue weighted by Gasteiger charge is -2.30. The molecular weight excluding hydrogens is 286 g/mol. The second kappa shape index (κ2) is 5.85. The number of carbonyl (C=O) groups is 2. The minimum atomic E-state index is -0.576. The van der Waals surface area contributed by atoms with Gasteiger partial charge in [0, 0.05) is 13.0 Å². The summed E-state index contributed by atoms with van der Waals surface area (Å²) >= 11 is 3.50. The maximum atomic E-state index is 11.8. The molecule has 1 unspecified atom stereocenters. The molecule has 0 radical (unpaired) electrons. The zero-order valence-corrected chi connectivity index (χ0v) is 12.2. The van der Waals surface area contributed by atoms with Gasteiger partial charge in [0.05, 0.1) is 17.0 Å². The quantitative estimate of drug-likeness (QED) is 0.445. The number of ether oxygens (including phenoxy) is 1. The highest BCUT2D eigenvalue weighted by atomic mass is 79.9. The van der Waals surface area contributed by atoms with Crippen LogP contribution in [0.2, 0.25) is 0 Å². The summed E-state index contributed by atoms with van der Waals surface area (Å²) in [5.74, 6) is -0.0531. The summed E-state index contributed by atoms with van der Waals surface area (Å²) in [6, 6.07) is 0. The van der Waals surface area contributed by atoms with Gasteiger partial charge in [0.25, 0.3) is 0 Å². The first kappa shape index (κ1) is 14.5. The number of hydrogen-bond acceptors (Lipinski definition) is 3. The standard InChI is InChI=1S/C12H20BrNO3/c1-4-17-11(16)12(2,3)8-9(13)14-7-5-6-10(14)15/h9H,4-8H2,1-3H3. The lowest BCUT2D eigenvalue weighted by atomic mass is 9.89. The molecule has 1 heterocycles. The van der Waals surface area contributed by atoms with Gasteiger partial charge in [-0.05, 0) is 33.6 Å². The zero-order valence-electron chi connectivity index (χ0n) is 10.7. The van der Waals surface area contributed by atoms with E-state index in [1.807, 2.05) is 13.8 Å². The second-order valence-electron chi connectivity index (χ2n) is 4.93. The van der Waals surface area contributed by atoms with Crippen LogP contribution >= 0.6 is 15.9 Å². The smallest absolute Gasteiger partial charge is 0.311 e. The van der Waals surface area contributed by atoms with Crippen LogP contribution in [0.25, 0.3) is 0 Å². The lowest BCUT2D eigenvalue weighted by Crippen LogP contribution is -2.38. The number of esters is 1. The SMILES string of the molecule is CCOC(=O)C(C)(C)CC(Br)N1CCCC1=O. The molecule has 0 bridgehead atoms. The molecule has 98 valence electrons. The van der Waals surface area contributed by atoms with Crippen LogP contribution in [0.1, 0.15) is 40.0 Å². The molecule has 0 N–H and O–H groups in total. The van der Waals surface area contributed by atoms with E-state index in [1.165, 1.54) is 0 Å². The van der Waals surface area contributed by atoms with Crippen LogP contribution < -0.4 is 0 Å². The molecule has 17 heavy (non-hydrogen) atoms. The van der Waals surface area contributed by atoms with Crippen molar-refractivity contribution < 1.29 is 14.3 Å². The van der Waals surface area contributed by atoms with Crippen molar-refractivity contribution in [1.29, 1.82) is 0 Å². The van der Waals surface area contributed by atoms with Gasteiger partial charge in [0.15, 0.2) is 0 Å². The normalized spacial score (nSPS) is 18.4. The fraction of sp³-hybridized carbons (Fsp3) is 0.833. The monoisotopic (exact) mass is 305 g/mol. The van der Waals surface area contributed by atoms with Crippen molar-refractivity contribution >= 4 is 27.8 Å². The largest absolute Gasteiger partial charge is 0.466 e. The van der Waals surface area contributed by atoms with Gasteiger partial charge in [-0.2, -0.15) is 0 Å². The summed E-state index contributed by atoms with van der Waals surface area (Å²) in [7, 11) is 0. The predicted octanol–water partition coefficient (Wildman–Crippen LogP) is 2.31. The van der Waals surface area contributed by atoms with E-state index < -0.39 is 5.41 Å². The third-order valence-electron chi connectivity index (χ3n) is 2.95. The molecule has 5 heteroatoms. The van der Waals surface area contributed by atoms with E-state index in [-0.39, 0.29) is 16.8 Å². The molecule has 1 aliphatic rings. The van der Waals surface area contributed by atoms with Crippen LogP contribution in [0.3, 0.4) is 0 Å². The van der Waals surface area contributed by atoms with Crippen LogP contribution in [0.5, 0.6) is 0 Å². The molecule has 1 amide bonds. The van der Waals surface area contributed by atoms with Gasteiger partial charge >= 0.3 is 5.97 Å². The summed E-state index contributed by atoms with van der Waals surface area (Å²) in [4.78, 5) is 25.0. The maximum absolute atomic E-state index is 11.8. The van der Waals surface area contributed by atoms with Crippen LogP contribution in [-0.4, -0.2) is 34.9 Å². The Bertz CT molecular complexity index is 304. The third-order valence-corrected chi connectivity index (χ3v) is 3.77. The zero-order chi connectivity index (χ0) is 13.1. The highest BCUT2D eigenvalue weighted by Gasteiger charge is 2.36. The topological polar surface area (TPSA) is 46.6 Å². The minimum Gasteiger partial charge on any atom is -0.466 e. The Labute approximate surface area is 111 Å². The Morgan fingerprint density at radius 1 is 1.59 bits per heavy atom. The van der Waals surface area contributed by atoms with Crippen LogP contribution in [0, 0.1) is 5.41 Å². The molecule has 0 saturated carbocycles. The summed E-state index contributed by atoms with van der Waals surface area (Å²) in [6.07, 6.45) is 2.08. The van der Waals surface area contributed by atoms with Crippen LogP contribution in [0.15, 0.2) is 0 Å². The Hall–Kier alpha value is -0.580. The Balaban J connectivity index is 2.57. The molecule has 4 nitrogen and oxygen atoms in total. The predicted molar refractivity (Wildman–Crippen MR) is 68.7 cm³/mol. The van der Waals surface area contributed by atoms with E-state index in [9.17, 15) is 9.59 Å². The Morgan fingerprint density at radius 2 is 2.24 bits per heavy atom. The van der Waals surface area contributed by atoms with Gasteiger partial charge in [0.2, 0.25) is 5.91 Å². The average molecular weight is 306 g/mol. The van der Waals surface area contributed by atoms with Gasteiger partial charge in [-0.25, -0.2) is 0 Å². The Morgan fingerprint density at radius 3 is 2.71 bits per heavy atom. The van der Waals surface area contributed by atoms with Gasteiger partial charge in [-0.15, -0.1) is 0 Å². The van der Waals surface area contributed by atoms with Crippen molar-refractivity contribution in [2.24, 2.45) is 5.41 Å².